The molecule has 1 atom stereocenters. The van der Waals surface area contributed by atoms with Gasteiger partial charge in [0.25, 0.3) is 0 Å². The van der Waals surface area contributed by atoms with Crippen LogP contribution in [0.4, 0.5) is 0 Å². The zero-order valence-corrected chi connectivity index (χ0v) is 15.4. The van der Waals surface area contributed by atoms with Gasteiger partial charge in [-0.25, -0.2) is 0 Å². The van der Waals surface area contributed by atoms with Crippen LogP contribution in [-0.2, 0) is 9.53 Å². The number of methoxy groups -OCH3 is 1. The Hall–Kier alpha value is -0.610. The van der Waals surface area contributed by atoms with E-state index < -0.39 is 0 Å². The maximum atomic E-state index is 12.4. The summed E-state index contributed by atoms with van der Waals surface area (Å²) in [6, 6.07) is 0.648. The first-order valence-corrected chi connectivity index (χ1v) is 9.68. The van der Waals surface area contributed by atoms with Gasteiger partial charge in [-0.3, -0.25) is 9.69 Å². The van der Waals surface area contributed by atoms with Gasteiger partial charge in [0.2, 0.25) is 5.91 Å². The fraction of sp³-hybridized carbons (Fsp3) is 0.947. The first kappa shape index (κ1) is 18.7. The van der Waals surface area contributed by atoms with Crippen molar-refractivity contribution in [3.05, 3.63) is 0 Å². The van der Waals surface area contributed by atoms with E-state index in [0.29, 0.717) is 18.1 Å². The number of rotatable bonds is 7. The van der Waals surface area contributed by atoms with Crippen LogP contribution in [0, 0.1) is 5.92 Å². The maximum Gasteiger partial charge on any atom is 0.222 e. The van der Waals surface area contributed by atoms with Gasteiger partial charge in [0, 0.05) is 45.8 Å². The Bertz CT molecular complexity index is 345. The lowest BCUT2D eigenvalue weighted by Gasteiger charge is -2.38. The Morgan fingerprint density at radius 3 is 2.35 bits per heavy atom. The summed E-state index contributed by atoms with van der Waals surface area (Å²) in [6.07, 6.45) is 9.66. The van der Waals surface area contributed by atoms with E-state index in [0.717, 1.165) is 44.9 Å². The fourth-order valence-corrected chi connectivity index (χ4v) is 4.03. The molecule has 2 fully saturated rings. The van der Waals surface area contributed by atoms with Crippen LogP contribution in [0.15, 0.2) is 0 Å². The Balaban J connectivity index is 1.59. The Kier molecular flexibility index (Phi) is 7.84. The summed E-state index contributed by atoms with van der Waals surface area (Å²) in [4.78, 5) is 17.0. The van der Waals surface area contributed by atoms with Crippen molar-refractivity contribution in [2.75, 3.05) is 33.3 Å². The molecule has 1 heterocycles. The Morgan fingerprint density at radius 1 is 1.13 bits per heavy atom. The van der Waals surface area contributed by atoms with Gasteiger partial charge in [0.15, 0.2) is 0 Å². The lowest BCUT2D eigenvalue weighted by Crippen LogP contribution is -2.51. The zero-order chi connectivity index (χ0) is 16.7. The van der Waals surface area contributed by atoms with E-state index in [1.807, 2.05) is 7.11 Å². The molecule has 1 unspecified atom stereocenters. The molecule has 0 bridgehead atoms. The van der Waals surface area contributed by atoms with Crippen molar-refractivity contribution < 1.29 is 9.53 Å². The van der Waals surface area contributed by atoms with Gasteiger partial charge in [-0.05, 0) is 57.8 Å². The molecule has 23 heavy (non-hydrogen) atoms. The van der Waals surface area contributed by atoms with Crippen molar-refractivity contribution >= 4 is 5.91 Å². The van der Waals surface area contributed by atoms with E-state index in [9.17, 15) is 4.79 Å². The smallest absolute Gasteiger partial charge is 0.222 e. The van der Waals surface area contributed by atoms with Crippen molar-refractivity contribution in [2.45, 2.75) is 77.4 Å². The number of amides is 1. The zero-order valence-electron chi connectivity index (χ0n) is 15.4. The number of carbonyl (C=O) groups is 1. The van der Waals surface area contributed by atoms with Crippen LogP contribution in [0.2, 0.25) is 0 Å². The fourth-order valence-electron chi connectivity index (χ4n) is 4.03. The lowest BCUT2D eigenvalue weighted by molar-refractivity contribution is -0.133. The minimum absolute atomic E-state index is 0.374. The molecule has 4 heteroatoms. The molecule has 2 rings (SSSR count). The van der Waals surface area contributed by atoms with Gasteiger partial charge in [0.05, 0.1) is 6.10 Å². The number of nitrogens with zero attached hydrogens (tertiary/aromatic N) is 2. The van der Waals surface area contributed by atoms with E-state index in [2.05, 4.69) is 23.6 Å². The van der Waals surface area contributed by atoms with E-state index >= 15 is 0 Å². The molecule has 4 nitrogen and oxygen atoms in total. The Labute approximate surface area is 142 Å². The van der Waals surface area contributed by atoms with Gasteiger partial charge >= 0.3 is 0 Å². The predicted molar refractivity (Wildman–Crippen MR) is 94.5 cm³/mol. The molecule has 0 aromatic rings. The van der Waals surface area contributed by atoms with E-state index in [1.54, 1.807) is 0 Å². The summed E-state index contributed by atoms with van der Waals surface area (Å²) in [7, 11) is 1.82. The summed E-state index contributed by atoms with van der Waals surface area (Å²) >= 11 is 0. The molecule has 1 aliphatic carbocycles. The highest BCUT2D eigenvalue weighted by Crippen LogP contribution is 2.29. The van der Waals surface area contributed by atoms with Gasteiger partial charge in [-0.2, -0.15) is 0 Å². The van der Waals surface area contributed by atoms with Crippen LogP contribution in [0.5, 0.6) is 0 Å². The van der Waals surface area contributed by atoms with Gasteiger partial charge in [-0.1, -0.05) is 6.92 Å². The van der Waals surface area contributed by atoms with Crippen molar-refractivity contribution in [1.82, 2.24) is 9.80 Å². The summed E-state index contributed by atoms with van der Waals surface area (Å²) in [5, 5.41) is 0. The lowest BCUT2D eigenvalue weighted by atomic mass is 9.84. The molecule has 0 aromatic carbocycles. The SMILES string of the molecule is CCC(C)N1CCN(C(=O)CCC[C@H]2CC[C@H](OC)CC2)CC1. The molecule has 2 aliphatic rings. The standard InChI is InChI=1S/C19H36N2O2/c1-4-16(2)20-12-14-21(15-13-20)19(22)7-5-6-17-8-10-18(23-3)11-9-17/h16-18H,4-15H2,1-3H3/t16?,17-,18-. The van der Waals surface area contributed by atoms with Crippen LogP contribution in [0.1, 0.15) is 65.2 Å². The van der Waals surface area contributed by atoms with Gasteiger partial charge in [0.1, 0.15) is 0 Å². The molecule has 0 radical (unpaired) electrons. The second-order valence-corrected chi connectivity index (χ2v) is 7.44. The summed E-state index contributed by atoms with van der Waals surface area (Å²) in [6.45, 7) is 8.45. The number of ether oxygens (including phenoxy) is 1. The third-order valence-corrected chi connectivity index (χ3v) is 6.01. The first-order chi connectivity index (χ1) is 11.1. The topological polar surface area (TPSA) is 32.8 Å². The van der Waals surface area contributed by atoms with Crippen LogP contribution in [0.25, 0.3) is 0 Å². The molecule has 0 spiro atoms. The molecular formula is C19H36N2O2. The first-order valence-electron chi connectivity index (χ1n) is 9.68. The average Bonchev–Trinajstić information content (AvgIpc) is 2.61. The summed E-state index contributed by atoms with van der Waals surface area (Å²) < 4.78 is 5.43. The summed E-state index contributed by atoms with van der Waals surface area (Å²) in [5.74, 6) is 1.19. The number of hydrogen-bond donors (Lipinski definition) is 0. The normalized spacial score (nSPS) is 27.9. The Morgan fingerprint density at radius 2 is 1.78 bits per heavy atom. The average molecular weight is 325 g/mol. The third-order valence-electron chi connectivity index (χ3n) is 6.01. The maximum absolute atomic E-state index is 12.4. The molecule has 134 valence electrons. The van der Waals surface area contributed by atoms with Crippen LogP contribution >= 0.6 is 0 Å². The summed E-state index contributed by atoms with van der Waals surface area (Å²) in [5.41, 5.74) is 0. The van der Waals surface area contributed by atoms with E-state index in [-0.39, 0.29) is 0 Å². The predicted octanol–water partition coefficient (Wildman–Crippen LogP) is 3.30. The molecular weight excluding hydrogens is 288 g/mol. The van der Waals surface area contributed by atoms with Gasteiger partial charge in [-0.15, -0.1) is 0 Å². The highest BCUT2D eigenvalue weighted by molar-refractivity contribution is 5.76. The molecule has 0 N–H and O–H groups in total. The molecule has 1 aliphatic heterocycles. The highest BCUT2D eigenvalue weighted by atomic mass is 16.5. The minimum Gasteiger partial charge on any atom is -0.381 e. The van der Waals surface area contributed by atoms with Crippen molar-refractivity contribution in [3.63, 3.8) is 0 Å². The monoisotopic (exact) mass is 324 g/mol. The van der Waals surface area contributed by atoms with Crippen LogP contribution in [-0.4, -0.2) is 61.1 Å². The highest BCUT2D eigenvalue weighted by Gasteiger charge is 2.24. The van der Waals surface area contributed by atoms with Gasteiger partial charge < -0.3 is 9.64 Å². The largest absolute Gasteiger partial charge is 0.381 e. The van der Waals surface area contributed by atoms with Crippen molar-refractivity contribution in [1.29, 1.82) is 0 Å². The second-order valence-electron chi connectivity index (χ2n) is 7.44. The van der Waals surface area contributed by atoms with Crippen LogP contribution in [0.3, 0.4) is 0 Å². The minimum atomic E-state index is 0.374. The molecule has 1 saturated heterocycles. The number of carbonyl (C=O) groups excluding carboxylic acids is 1. The third kappa shape index (κ3) is 5.75. The van der Waals surface area contributed by atoms with Crippen molar-refractivity contribution in [3.8, 4) is 0 Å². The van der Waals surface area contributed by atoms with Crippen LogP contribution < -0.4 is 0 Å². The second kappa shape index (κ2) is 9.63. The molecule has 1 saturated carbocycles. The quantitative estimate of drug-likeness (QED) is 0.720. The number of hydrogen-bond acceptors (Lipinski definition) is 3. The van der Waals surface area contributed by atoms with E-state index in [4.69, 9.17) is 4.74 Å². The molecule has 0 aromatic heterocycles. The van der Waals surface area contributed by atoms with Crippen molar-refractivity contribution in [2.24, 2.45) is 5.92 Å². The molecule has 1 amide bonds. The van der Waals surface area contributed by atoms with E-state index in [1.165, 1.54) is 38.5 Å². The number of piperazine rings is 1.